The molecule has 3 aromatic carbocycles. The highest BCUT2D eigenvalue weighted by Crippen LogP contribution is 2.25. The number of hydrogen-bond donors (Lipinski definition) is 1. The van der Waals surface area contributed by atoms with Gasteiger partial charge in [0.2, 0.25) is 15.9 Å². The van der Waals surface area contributed by atoms with Gasteiger partial charge in [-0.15, -0.1) is 0 Å². The largest absolute Gasteiger partial charge is 0.495 e. The molecule has 0 aromatic heterocycles. The maximum Gasteiger partial charge on any atom is 0.247 e. The van der Waals surface area contributed by atoms with Gasteiger partial charge in [0.1, 0.15) is 10.6 Å². The summed E-state index contributed by atoms with van der Waals surface area (Å²) >= 11 is 0. The van der Waals surface area contributed by atoms with Crippen molar-refractivity contribution in [1.29, 1.82) is 0 Å². The number of ether oxygens (including phenoxy) is 1. The van der Waals surface area contributed by atoms with Crippen molar-refractivity contribution < 1.29 is 17.9 Å². The highest BCUT2D eigenvalue weighted by Gasteiger charge is 2.18. The van der Waals surface area contributed by atoms with Crippen LogP contribution in [0, 0.1) is 0 Å². The molecule has 0 spiro atoms. The molecular weight excluding hydrogens is 424 g/mol. The van der Waals surface area contributed by atoms with E-state index in [1.54, 1.807) is 23.1 Å². The Kier molecular flexibility index (Phi) is 7.81. The number of amides is 1. The standard InChI is InChI=1S/C25H26N2O4S/c1-26-32(29,30)24-17-20(13-15-23(24)31-2)14-16-25(28)27(18-21-9-5-3-6-10-21)19-22-11-7-4-8-12-22/h3-17,26H,18-19H2,1-2H3/b16-14-. The van der Waals surface area contributed by atoms with E-state index in [1.807, 2.05) is 60.7 Å². The van der Waals surface area contributed by atoms with Crippen LogP contribution in [0.15, 0.2) is 89.8 Å². The Morgan fingerprint density at radius 2 is 1.50 bits per heavy atom. The molecule has 1 N–H and O–H groups in total. The van der Waals surface area contributed by atoms with Gasteiger partial charge in [-0.2, -0.15) is 0 Å². The van der Waals surface area contributed by atoms with Crippen LogP contribution < -0.4 is 9.46 Å². The summed E-state index contributed by atoms with van der Waals surface area (Å²) in [5.74, 6) is 0.0594. The summed E-state index contributed by atoms with van der Waals surface area (Å²) in [7, 11) is -0.954. The van der Waals surface area contributed by atoms with E-state index in [-0.39, 0.29) is 16.6 Å². The monoisotopic (exact) mass is 450 g/mol. The lowest BCUT2D eigenvalue weighted by molar-refractivity contribution is -0.127. The van der Waals surface area contributed by atoms with E-state index in [0.29, 0.717) is 18.7 Å². The third-order valence-electron chi connectivity index (χ3n) is 4.91. The zero-order valence-corrected chi connectivity index (χ0v) is 18.9. The SMILES string of the molecule is CNS(=O)(=O)c1cc(/C=C\C(=O)N(Cc2ccccc2)Cc2ccccc2)ccc1OC. The maximum atomic E-state index is 13.1. The van der Waals surface area contributed by atoms with E-state index >= 15 is 0 Å². The van der Waals surface area contributed by atoms with Gasteiger partial charge in [-0.1, -0.05) is 66.7 Å². The smallest absolute Gasteiger partial charge is 0.247 e. The number of hydrogen-bond acceptors (Lipinski definition) is 4. The van der Waals surface area contributed by atoms with Crippen molar-refractivity contribution in [2.45, 2.75) is 18.0 Å². The molecule has 0 atom stereocenters. The minimum absolute atomic E-state index is 0.0162. The van der Waals surface area contributed by atoms with Crippen molar-refractivity contribution in [3.8, 4) is 5.75 Å². The third kappa shape index (κ3) is 6.06. The number of benzene rings is 3. The normalized spacial score (nSPS) is 11.4. The summed E-state index contributed by atoms with van der Waals surface area (Å²) in [5.41, 5.74) is 2.63. The van der Waals surface area contributed by atoms with E-state index in [1.165, 1.54) is 26.3 Å². The molecule has 1 amide bonds. The van der Waals surface area contributed by atoms with Gasteiger partial charge in [0, 0.05) is 19.2 Å². The van der Waals surface area contributed by atoms with E-state index in [2.05, 4.69) is 4.72 Å². The molecule has 0 saturated carbocycles. The topological polar surface area (TPSA) is 75.7 Å². The molecule has 0 unspecified atom stereocenters. The first-order chi connectivity index (χ1) is 15.4. The van der Waals surface area contributed by atoms with Gasteiger partial charge in [0.05, 0.1) is 7.11 Å². The van der Waals surface area contributed by atoms with Gasteiger partial charge in [-0.05, 0) is 41.9 Å². The minimum Gasteiger partial charge on any atom is -0.495 e. The predicted octanol–water partition coefficient (Wildman–Crippen LogP) is 3.85. The number of sulfonamides is 1. The van der Waals surface area contributed by atoms with Crippen LogP contribution in [0.1, 0.15) is 16.7 Å². The Bertz CT molecular complexity index is 1140. The van der Waals surface area contributed by atoms with E-state index in [0.717, 1.165) is 11.1 Å². The van der Waals surface area contributed by atoms with Crippen LogP contribution in [0.2, 0.25) is 0 Å². The van der Waals surface area contributed by atoms with E-state index < -0.39 is 10.0 Å². The van der Waals surface area contributed by atoms with Crippen LogP contribution >= 0.6 is 0 Å². The van der Waals surface area contributed by atoms with Crippen LogP contribution in [-0.2, 0) is 27.9 Å². The lowest BCUT2D eigenvalue weighted by Crippen LogP contribution is -2.28. The lowest BCUT2D eigenvalue weighted by atomic mass is 10.1. The van der Waals surface area contributed by atoms with Crippen LogP contribution in [0.3, 0.4) is 0 Å². The molecule has 166 valence electrons. The Morgan fingerprint density at radius 1 is 0.938 bits per heavy atom. The molecule has 0 saturated heterocycles. The molecule has 32 heavy (non-hydrogen) atoms. The van der Waals surface area contributed by atoms with Gasteiger partial charge >= 0.3 is 0 Å². The number of nitrogens with one attached hydrogen (secondary N) is 1. The zero-order valence-electron chi connectivity index (χ0n) is 18.1. The first-order valence-corrected chi connectivity index (χ1v) is 11.6. The third-order valence-corrected chi connectivity index (χ3v) is 6.34. The zero-order chi connectivity index (χ0) is 23.0. The number of carbonyl (C=O) groups is 1. The van der Waals surface area contributed by atoms with Crippen molar-refractivity contribution >= 4 is 22.0 Å². The maximum absolute atomic E-state index is 13.1. The van der Waals surface area contributed by atoms with Crippen molar-refractivity contribution in [3.63, 3.8) is 0 Å². The summed E-state index contributed by atoms with van der Waals surface area (Å²) in [5, 5.41) is 0. The quantitative estimate of drug-likeness (QED) is 0.503. The molecule has 0 heterocycles. The van der Waals surface area contributed by atoms with Crippen LogP contribution in [-0.4, -0.2) is 33.4 Å². The molecule has 0 bridgehead atoms. The molecular formula is C25H26N2O4S. The minimum atomic E-state index is -3.70. The number of nitrogens with zero attached hydrogens (tertiary/aromatic N) is 1. The van der Waals surface area contributed by atoms with Gasteiger partial charge in [0.25, 0.3) is 0 Å². The second kappa shape index (κ2) is 10.7. The fourth-order valence-corrected chi connectivity index (χ4v) is 4.14. The summed E-state index contributed by atoms with van der Waals surface area (Å²) in [6, 6.07) is 24.3. The number of carbonyl (C=O) groups excluding carboxylic acids is 1. The predicted molar refractivity (Wildman–Crippen MR) is 125 cm³/mol. The molecule has 0 radical (unpaired) electrons. The van der Waals surface area contributed by atoms with E-state index in [9.17, 15) is 13.2 Å². The molecule has 0 fully saturated rings. The summed E-state index contributed by atoms with van der Waals surface area (Å²) in [6.45, 7) is 0.918. The Hall–Kier alpha value is -3.42. The summed E-state index contributed by atoms with van der Waals surface area (Å²) in [6.07, 6.45) is 3.07. The lowest BCUT2D eigenvalue weighted by Gasteiger charge is -2.21. The van der Waals surface area contributed by atoms with Crippen molar-refractivity contribution in [2.24, 2.45) is 0 Å². The Labute approximate surface area is 189 Å². The molecule has 0 aliphatic heterocycles. The second-order valence-electron chi connectivity index (χ2n) is 7.12. The second-order valence-corrected chi connectivity index (χ2v) is 8.97. The molecule has 3 rings (SSSR count). The Balaban J connectivity index is 1.85. The summed E-state index contributed by atoms with van der Waals surface area (Å²) in [4.78, 5) is 14.8. The fourth-order valence-electron chi connectivity index (χ4n) is 3.21. The molecule has 3 aromatic rings. The average molecular weight is 451 g/mol. The van der Waals surface area contributed by atoms with Gasteiger partial charge in [-0.25, -0.2) is 13.1 Å². The number of rotatable bonds is 9. The van der Waals surface area contributed by atoms with Crippen LogP contribution in [0.4, 0.5) is 0 Å². The first-order valence-electron chi connectivity index (χ1n) is 10.1. The van der Waals surface area contributed by atoms with Crippen LogP contribution in [0.5, 0.6) is 5.75 Å². The van der Waals surface area contributed by atoms with Crippen molar-refractivity contribution in [1.82, 2.24) is 9.62 Å². The van der Waals surface area contributed by atoms with Crippen molar-refractivity contribution in [3.05, 3.63) is 102 Å². The van der Waals surface area contributed by atoms with Gasteiger partial charge < -0.3 is 9.64 Å². The van der Waals surface area contributed by atoms with Gasteiger partial charge in [-0.3, -0.25) is 4.79 Å². The summed E-state index contributed by atoms with van der Waals surface area (Å²) < 4.78 is 32.0. The highest BCUT2D eigenvalue weighted by molar-refractivity contribution is 7.89. The first kappa shape index (κ1) is 23.2. The highest BCUT2D eigenvalue weighted by atomic mass is 32.2. The van der Waals surface area contributed by atoms with Crippen LogP contribution in [0.25, 0.3) is 6.08 Å². The average Bonchev–Trinajstić information content (AvgIpc) is 2.83. The molecule has 0 aliphatic rings. The Morgan fingerprint density at radius 3 is 2.00 bits per heavy atom. The fraction of sp³-hybridized carbons (Fsp3) is 0.160. The number of methoxy groups -OCH3 is 1. The molecule has 0 aliphatic carbocycles. The van der Waals surface area contributed by atoms with E-state index in [4.69, 9.17) is 4.74 Å². The molecule has 6 nitrogen and oxygen atoms in total. The van der Waals surface area contributed by atoms with Gasteiger partial charge in [0.15, 0.2) is 0 Å². The van der Waals surface area contributed by atoms with Crippen molar-refractivity contribution in [2.75, 3.05) is 14.2 Å². The molecule has 7 heteroatoms.